The molecule has 0 aliphatic heterocycles. The SMILES string of the molecule is O=S(=O)(NCCCCCCNS(=O)(=O)c1ccc(Br)cc1)c1ccc(Br)cc1. The van der Waals surface area contributed by atoms with Gasteiger partial charge >= 0.3 is 0 Å². The molecule has 0 unspecified atom stereocenters. The van der Waals surface area contributed by atoms with E-state index in [4.69, 9.17) is 0 Å². The van der Waals surface area contributed by atoms with Crippen LogP contribution in [0.2, 0.25) is 0 Å². The van der Waals surface area contributed by atoms with Gasteiger partial charge in [0.05, 0.1) is 9.79 Å². The summed E-state index contributed by atoms with van der Waals surface area (Å²) >= 11 is 6.55. The van der Waals surface area contributed by atoms with Crippen LogP contribution in [0, 0.1) is 0 Å². The zero-order valence-electron chi connectivity index (χ0n) is 15.1. The first-order valence-electron chi connectivity index (χ1n) is 8.71. The molecule has 0 aromatic heterocycles. The van der Waals surface area contributed by atoms with Gasteiger partial charge in [-0.3, -0.25) is 0 Å². The fraction of sp³-hybridized carbons (Fsp3) is 0.333. The number of unbranched alkanes of at least 4 members (excludes halogenated alkanes) is 3. The Morgan fingerprint density at radius 1 is 0.571 bits per heavy atom. The zero-order valence-corrected chi connectivity index (χ0v) is 19.9. The molecule has 6 nitrogen and oxygen atoms in total. The Morgan fingerprint density at radius 3 is 1.21 bits per heavy atom. The molecule has 0 saturated carbocycles. The number of hydrogen-bond acceptors (Lipinski definition) is 4. The summed E-state index contributed by atoms with van der Waals surface area (Å²) in [5.41, 5.74) is 0. The average molecular weight is 554 g/mol. The number of nitrogens with one attached hydrogen (secondary N) is 2. The number of rotatable bonds is 11. The van der Waals surface area contributed by atoms with Crippen LogP contribution >= 0.6 is 31.9 Å². The van der Waals surface area contributed by atoms with Gasteiger partial charge in [0, 0.05) is 22.0 Å². The Bertz CT molecular complexity index is 880. The van der Waals surface area contributed by atoms with Crippen LogP contribution in [-0.4, -0.2) is 29.9 Å². The lowest BCUT2D eigenvalue weighted by Gasteiger charge is -2.08. The van der Waals surface area contributed by atoms with Crippen molar-refractivity contribution >= 4 is 51.9 Å². The van der Waals surface area contributed by atoms with Gasteiger partial charge in [0.15, 0.2) is 0 Å². The molecule has 0 saturated heterocycles. The van der Waals surface area contributed by atoms with Gasteiger partial charge in [-0.05, 0) is 61.4 Å². The van der Waals surface area contributed by atoms with E-state index in [9.17, 15) is 16.8 Å². The summed E-state index contributed by atoms with van der Waals surface area (Å²) < 4.78 is 55.4. The van der Waals surface area contributed by atoms with Gasteiger partial charge in [0.1, 0.15) is 0 Å². The molecular formula is C18H22Br2N2O4S2. The highest BCUT2D eigenvalue weighted by Crippen LogP contribution is 2.15. The third kappa shape index (κ3) is 7.57. The third-order valence-electron chi connectivity index (χ3n) is 3.94. The maximum absolute atomic E-state index is 12.1. The number of sulfonamides is 2. The number of benzene rings is 2. The second kappa shape index (κ2) is 10.8. The summed E-state index contributed by atoms with van der Waals surface area (Å²) in [6.45, 7) is 0.700. The molecule has 0 fully saturated rings. The number of halogens is 2. The molecule has 2 rings (SSSR count). The summed E-state index contributed by atoms with van der Waals surface area (Å²) in [5, 5.41) is 0. The van der Waals surface area contributed by atoms with Crippen LogP contribution in [0.5, 0.6) is 0 Å². The predicted octanol–water partition coefficient (Wildman–Crippen LogP) is 4.03. The van der Waals surface area contributed by atoms with Gasteiger partial charge in [0.2, 0.25) is 20.0 Å². The lowest BCUT2D eigenvalue weighted by atomic mass is 10.2. The Hall–Kier alpha value is -0.780. The van der Waals surface area contributed by atoms with E-state index < -0.39 is 20.0 Å². The first-order chi connectivity index (χ1) is 13.2. The lowest BCUT2D eigenvalue weighted by molar-refractivity contribution is 0.562. The molecule has 10 heteroatoms. The van der Waals surface area contributed by atoms with Gasteiger partial charge in [-0.15, -0.1) is 0 Å². The van der Waals surface area contributed by atoms with Gasteiger partial charge < -0.3 is 0 Å². The van der Waals surface area contributed by atoms with Crippen molar-refractivity contribution in [3.8, 4) is 0 Å². The summed E-state index contributed by atoms with van der Waals surface area (Å²) in [5.74, 6) is 0. The molecule has 0 aliphatic carbocycles. The second-order valence-electron chi connectivity index (χ2n) is 6.12. The highest BCUT2D eigenvalue weighted by Gasteiger charge is 2.13. The van der Waals surface area contributed by atoms with E-state index in [1.807, 2.05) is 0 Å². The van der Waals surface area contributed by atoms with Gasteiger partial charge in [-0.2, -0.15) is 0 Å². The minimum Gasteiger partial charge on any atom is -0.211 e. The monoisotopic (exact) mass is 552 g/mol. The van der Waals surface area contributed by atoms with Crippen LogP contribution in [0.3, 0.4) is 0 Å². The van der Waals surface area contributed by atoms with E-state index in [1.54, 1.807) is 48.5 Å². The summed E-state index contributed by atoms with van der Waals surface area (Å²) in [6, 6.07) is 12.9. The Balaban J connectivity index is 1.63. The molecule has 0 heterocycles. The van der Waals surface area contributed by atoms with Crippen molar-refractivity contribution in [3.05, 3.63) is 57.5 Å². The molecule has 0 spiro atoms. The molecule has 0 atom stereocenters. The van der Waals surface area contributed by atoms with Crippen molar-refractivity contribution in [3.63, 3.8) is 0 Å². The smallest absolute Gasteiger partial charge is 0.211 e. The molecule has 0 radical (unpaired) electrons. The maximum Gasteiger partial charge on any atom is 0.240 e. The second-order valence-corrected chi connectivity index (χ2v) is 11.5. The van der Waals surface area contributed by atoms with E-state index in [-0.39, 0.29) is 9.79 Å². The fourth-order valence-electron chi connectivity index (χ4n) is 2.41. The van der Waals surface area contributed by atoms with Crippen LogP contribution in [-0.2, 0) is 20.0 Å². The fourth-order valence-corrected chi connectivity index (χ4v) is 5.09. The van der Waals surface area contributed by atoms with Crippen LogP contribution in [0.25, 0.3) is 0 Å². The van der Waals surface area contributed by atoms with Gasteiger partial charge in [-0.1, -0.05) is 44.7 Å². The Kier molecular flexibility index (Phi) is 9.10. The van der Waals surface area contributed by atoms with Crippen molar-refractivity contribution in [2.75, 3.05) is 13.1 Å². The van der Waals surface area contributed by atoms with Gasteiger partial charge in [-0.25, -0.2) is 26.3 Å². The van der Waals surface area contributed by atoms with Crippen LogP contribution in [0.1, 0.15) is 25.7 Å². The summed E-state index contributed by atoms with van der Waals surface area (Å²) in [6.07, 6.45) is 3.00. The normalized spacial score (nSPS) is 12.2. The van der Waals surface area contributed by atoms with Crippen LogP contribution in [0.15, 0.2) is 67.3 Å². The van der Waals surface area contributed by atoms with E-state index in [1.165, 1.54) is 0 Å². The predicted molar refractivity (Wildman–Crippen MR) is 117 cm³/mol. The topological polar surface area (TPSA) is 92.3 Å². The van der Waals surface area contributed by atoms with Crippen LogP contribution in [0.4, 0.5) is 0 Å². The molecule has 0 bridgehead atoms. The Morgan fingerprint density at radius 2 is 0.893 bits per heavy atom. The Labute approximate surface area is 183 Å². The van der Waals surface area contributed by atoms with Gasteiger partial charge in [0.25, 0.3) is 0 Å². The molecule has 154 valence electrons. The molecular weight excluding hydrogens is 532 g/mol. The highest BCUT2D eigenvalue weighted by molar-refractivity contribution is 9.10. The van der Waals surface area contributed by atoms with E-state index in [0.29, 0.717) is 25.9 Å². The first kappa shape index (κ1) is 23.5. The third-order valence-corrected chi connectivity index (χ3v) is 7.95. The van der Waals surface area contributed by atoms with E-state index in [0.717, 1.165) is 21.8 Å². The number of hydrogen-bond donors (Lipinski definition) is 2. The zero-order chi connectivity index (χ0) is 20.6. The molecule has 2 aromatic carbocycles. The summed E-state index contributed by atoms with van der Waals surface area (Å²) in [4.78, 5) is 0.469. The quantitative estimate of drug-likeness (QED) is 0.411. The molecule has 2 N–H and O–H groups in total. The summed E-state index contributed by atoms with van der Waals surface area (Å²) in [7, 11) is -6.99. The molecule has 0 aliphatic rings. The lowest BCUT2D eigenvalue weighted by Crippen LogP contribution is -2.25. The minimum atomic E-state index is -3.49. The van der Waals surface area contributed by atoms with E-state index in [2.05, 4.69) is 41.3 Å². The van der Waals surface area contributed by atoms with Crippen molar-refractivity contribution in [1.82, 2.24) is 9.44 Å². The molecule has 2 aromatic rings. The van der Waals surface area contributed by atoms with Crippen molar-refractivity contribution in [1.29, 1.82) is 0 Å². The molecule has 0 amide bonds. The first-order valence-corrected chi connectivity index (χ1v) is 13.3. The molecule has 28 heavy (non-hydrogen) atoms. The van der Waals surface area contributed by atoms with Crippen molar-refractivity contribution in [2.24, 2.45) is 0 Å². The van der Waals surface area contributed by atoms with Crippen molar-refractivity contribution in [2.45, 2.75) is 35.5 Å². The maximum atomic E-state index is 12.1. The standard InChI is InChI=1S/C18H22Br2N2O4S2/c19-15-5-9-17(10-6-15)27(23,24)21-13-3-1-2-4-14-22-28(25,26)18-11-7-16(20)8-12-18/h5-12,21-22H,1-4,13-14H2. The highest BCUT2D eigenvalue weighted by atomic mass is 79.9. The minimum absolute atomic E-state index is 0.234. The average Bonchev–Trinajstić information content (AvgIpc) is 2.64. The largest absolute Gasteiger partial charge is 0.240 e. The van der Waals surface area contributed by atoms with Crippen molar-refractivity contribution < 1.29 is 16.8 Å². The van der Waals surface area contributed by atoms with Crippen LogP contribution < -0.4 is 9.44 Å². The van der Waals surface area contributed by atoms with E-state index >= 15 is 0 Å².